The molecule has 11 N–H and O–H groups in total. The van der Waals surface area contributed by atoms with E-state index >= 15 is 0 Å². The number of aromatic amines is 1. The van der Waals surface area contributed by atoms with Crippen LogP contribution in [0.25, 0.3) is 160 Å². The van der Waals surface area contributed by atoms with Crippen molar-refractivity contribution in [3.05, 3.63) is 308 Å². The Morgan fingerprint density at radius 3 is 1.26 bits per heavy atom. The van der Waals surface area contributed by atoms with Gasteiger partial charge in [-0.1, -0.05) is 84.9 Å². The fourth-order valence-electron chi connectivity index (χ4n) is 12.4. The van der Waals surface area contributed by atoms with Crippen LogP contribution in [0.1, 0.15) is 4.88 Å². The number of fused-ring (bicyclic) bond motifs is 5. The number of rotatable bonds is 10. The van der Waals surface area contributed by atoms with E-state index in [0.717, 1.165) is 132 Å². The minimum Gasteiger partial charge on any atom is -0.382 e. The lowest BCUT2D eigenvalue weighted by atomic mass is 10.0. The van der Waals surface area contributed by atoms with Gasteiger partial charge in [0.05, 0.1) is 109 Å². The molecule has 29 heteroatoms. The molecular formula is C85H62N26OS2. The lowest BCUT2D eigenvalue weighted by molar-refractivity contribution is 0.728. The van der Waals surface area contributed by atoms with Crippen molar-refractivity contribution in [1.82, 2.24) is 105 Å². The summed E-state index contributed by atoms with van der Waals surface area (Å²) in [5.74, 6) is 2.36. The molecule has 0 atom stereocenters. The number of nitrogens with zero attached hydrogens (tertiary/aromatic N) is 20. The second kappa shape index (κ2) is 32.9. The fourth-order valence-corrected chi connectivity index (χ4v) is 13.8. The highest BCUT2D eigenvalue weighted by atomic mass is 32.1. The molecule has 20 rings (SSSR count). The molecule has 0 spiro atoms. The molecule has 114 heavy (non-hydrogen) atoms. The number of H-pyrrole nitrogens is 1. The van der Waals surface area contributed by atoms with Gasteiger partial charge in [-0.2, -0.15) is 15.3 Å². The number of pyridine rings is 5. The number of hydrogen-bond donors (Lipinski definition) is 6. The summed E-state index contributed by atoms with van der Waals surface area (Å²) in [7, 11) is 0. The molecule has 0 amide bonds. The summed E-state index contributed by atoms with van der Waals surface area (Å²) in [5.41, 5.74) is 48.3. The third-order valence-corrected chi connectivity index (χ3v) is 19.3. The average Bonchev–Trinajstić information content (AvgIpc) is 1.43. The number of thiazole rings is 1. The zero-order valence-electron chi connectivity index (χ0n) is 60.3. The summed E-state index contributed by atoms with van der Waals surface area (Å²) in [6.07, 6.45) is 21.5. The summed E-state index contributed by atoms with van der Waals surface area (Å²) in [6, 6.07) is 66.5. The molecule has 0 aliphatic carbocycles. The van der Waals surface area contributed by atoms with Gasteiger partial charge in [-0.25, -0.2) is 29.9 Å². The first-order chi connectivity index (χ1) is 55.8. The average molecular weight is 1530 g/mol. The summed E-state index contributed by atoms with van der Waals surface area (Å²) < 4.78 is 0. The van der Waals surface area contributed by atoms with E-state index in [-0.39, 0.29) is 5.56 Å². The topological polar surface area (TPSA) is 413 Å². The lowest BCUT2D eigenvalue weighted by Gasteiger charge is -2.10. The minimum absolute atomic E-state index is 0.118. The Labute approximate surface area is 656 Å². The van der Waals surface area contributed by atoms with Gasteiger partial charge in [0.1, 0.15) is 57.6 Å². The van der Waals surface area contributed by atoms with Crippen molar-refractivity contribution in [2.45, 2.75) is 6.92 Å². The molecule has 14 aromatic heterocycles. The molecule has 6 aromatic carbocycles. The van der Waals surface area contributed by atoms with E-state index in [0.29, 0.717) is 57.7 Å². The van der Waals surface area contributed by atoms with Gasteiger partial charge in [0.25, 0.3) is 0 Å². The third kappa shape index (κ3) is 16.4. The van der Waals surface area contributed by atoms with Crippen molar-refractivity contribution < 1.29 is 0 Å². The largest absolute Gasteiger partial charge is 0.382 e. The second-order valence-electron chi connectivity index (χ2n) is 25.3. The van der Waals surface area contributed by atoms with Crippen molar-refractivity contribution in [1.29, 1.82) is 0 Å². The molecule has 0 aliphatic rings. The van der Waals surface area contributed by atoms with Crippen LogP contribution in [0.4, 0.5) is 29.1 Å². The number of aromatic nitrogens is 21. The molecule has 0 saturated heterocycles. The molecule has 27 nitrogen and oxygen atoms in total. The van der Waals surface area contributed by atoms with Gasteiger partial charge in [0, 0.05) is 109 Å². The Bertz CT molecular complexity index is 6740. The normalized spacial score (nSPS) is 10.9. The summed E-state index contributed by atoms with van der Waals surface area (Å²) >= 11 is 3.21. The Kier molecular flexibility index (Phi) is 20.9. The molecule has 0 bridgehead atoms. The highest BCUT2D eigenvalue weighted by Gasteiger charge is 2.20. The maximum Gasteiger partial charge on any atom is 0.248 e. The number of anilines is 5. The molecule has 0 radical (unpaired) electrons. The van der Waals surface area contributed by atoms with Crippen molar-refractivity contribution in [3.8, 4) is 106 Å². The summed E-state index contributed by atoms with van der Waals surface area (Å²) in [4.78, 5) is 84.9. The van der Waals surface area contributed by atoms with Crippen LogP contribution >= 0.6 is 22.7 Å². The highest BCUT2D eigenvalue weighted by Crippen LogP contribution is 2.38. The molecule has 14 heterocycles. The predicted octanol–water partition coefficient (Wildman–Crippen LogP) is 15.5. The molecular weight excluding hydrogens is 1470 g/mol. The van der Waals surface area contributed by atoms with Crippen molar-refractivity contribution in [2.75, 3.05) is 28.7 Å². The monoisotopic (exact) mass is 1530 g/mol. The molecule has 0 saturated carbocycles. The smallest absolute Gasteiger partial charge is 0.248 e. The number of thiophene rings is 1. The number of nitrogens with one attached hydrogen (secondary N) is 1. The van der Waals surface area contributed by atoms with Gasteiger partial charge in [0.2, 0.25) is 11.4 Å². The van der Waals surface area contributed by atoms with E-state index in [9.17, 15) is 4.79 Å². The SMILES string of the molecule is Cc1ccc(-c2nc(N)cnc2-c2ccc3ncccc3c2)s1.Nc1cnc(-c2ccc3[nH]c(=O)ccc3c2)c(-c2ccccc2)n1.Nc1cnc(-c2ccc3ncccc3c2)c(-c2cccnn2)n1.Nc1cnc(-c2ccc3ncccc3c2)c(-c2cncs2)n1.Nc1cnc(-c2ccc3ncccc3c2)c(-n2nccn2)n1. The zero-order chi connectivity index (χ0) is 77.9. The maximum atomic E-state index is 11.4. The van der Waals surface area contributed by atoms with Crippen molar-refractivity contribution >= 4 is 106 Å². The predicted molar refractivity (Wildman–Crippen MR) is 449 cm³/mol. The van der Waals surface area contributed by atoms with Crippen LogP contribution in [0.2, 0.25) is 0 Å². The van der Waals surface area contributed by atoms with E-state index in [1.807, 2.05) is 164 Å². The number of hydrogen-bond acceptors (Lipinski definition) is 27. The van der Waals surface area contributed by atoms with E-state index in [1.165, 1.54) is 33.3 Å². The van der Waals surface area contributed by atoms with Crippen molar-refractivity contribution in [2.24, 2.45) is 0 Å². The second-order valence-corrected chi connectivity index (χ2v) is 27.4. The van der Waals surface area contributed by atoms with E-state index in [4.69, 9.17) is 28.7 Å². The number of benzene rings is 6. The molecule has 0 unspecified atom stereocenters. The van der Waals surface area contributed by atoms with Crippen LogP contribution in [0.5, 0.6) is 0 Å². The number of aryl methyl sites for hydroxylation is 1. The fraction of sp³-hybridized carbons (Fsp3) is 0.0118. The first kappa shape index (κ1) is 72.3. The quantitative estimate of drug-likeness (QED) is 0.0740. The van der Waals surface area contributed by atoms with Gasteiger partial charge in [-0.15, -0.1) is 32.6 Å². The lowest BCUT2D eigenvalue weighted by Crippen LogP contribution is -2.07. The Hall–Kier alpha value is -15.9. The zero-order valence-corrected chi connectivity index (χ0v) is 61.9. The van der Waals surface area contributed by atoms with E-state index < -0.39 is 0 Å². The Balaban J connectivity index is 0.000000107. The first-order valence-corrected chi connectivity index (χ1v) is 36.9. The first-order valence-electron chi connectivity index (χ1n) is 35.2. The summed E-state index contributed by atoms with van der Waals surface area (Å²) in [6.45, 7) is 2.08. The number of nitrogens with two attached hydrogens (primary N) is 5. The van der Waals surface area contributed by atoms with Crippen molar-refractivity contribution in [3.63, 3.8) is 0 Å². The summed E-state index contributed by atoms with van der Waals surface area (Å²) in [5, 5.41) is 21.4. The Morgan fingerprint density at radius 1 is 0.342 bits per heavy atom. The van der Waals surface area contributed by atoms with Crippen LogP contribution in [-0.4, -0.2) is 105 Å². The van der Waals surface area contributed by atoms with Crippen LogP contribution in [0.15, 0.2) is 297 Å². The van der Waals surface area contributed by atoms with Crippen LogP contribution in [0, 0.1) is 6.92 Å². The number of nitrogen functional groups attached to an aromatic ring is 5. The molecule has 20 aromatic rings. The van der Waals surface area contributed by atoms with Crippen LogP contribution in [0.3, 0.4) is 0 Å². The van der Waals surface area contributed by atoms with Gasteiger partial charge in [0.15, 0.2) is 0 Å². The molecule has 550 valence electrons. The Morgan fingerprint density at radius 2 is 0.781 bits per heavy atom. The minimum atomic E-state index is -0.118. The van der Waals surface area contributed by atoms with Crippen LogP contribution < -0.4 is 34.2 Å². The van der Waals surface area contributed by atoms with Gasteiger partial charge < -0.3 is 33.7 Å². The van der Waals surface area contributed by atoms with Gasteiger partial charge >= 0.3 is 0 Å². The van der Waals surface area contributed by atoms with Crippen LogP contribution in [-0.2, 0) is 0 Å². The van der Waals surface area contributed by atoms with E-state index in [1.54, 1.807) is 103 Å². The molecule has 0 aliphatic heterocycles. The molecule has 0 fully saturated rings. The van der Waals surface area contributed by atoms with E-state index in [2.05, 4.69) is 131 Å². The standard InChI is InChI=1S/C19H14N4O.C18H14N4S.C17H12N6.C16H11N5S.C15H11N7/c20-16-11-21-18(19(23-16)12-4-2-1-3-5-12)14-6-8-15-13(10-14)7-9-17(24)22-15;1-11-4-7-15(23-11)18-17(21-10-16(19)22-18)13-5-6-14-12(9-13)3-2-8-20-14;18-15-10-20-16(17(22-15)14-4-2-8-21-23-14)12-5-6-13-11(9-12)3-1-7-19-13;17-14-8-20-15(16(21-14)13-7-18-9-22-13)11-3-4-12-10(6-11)2-1-5-19-12;16-13-9-18-14(15(21-13)22-19-6-7-20-22)11-3-4-12-10(8-11)2-1-5-17-12/h1-11H,(H2,20,23)(H,22,24);2-10H,1H3,(H2,19,22);1-10H,(H2,18,22);1-9H,(H2,17,21);1-9H,(H2,16,21). The van der Waals surface area contributed by atoms with Gasteiger partial charge in [-0.3, -0.25) is 49.7 Å². The highest BCUT2D eigenvalue weighted by molar-refractivity contribution is 7.15. The maximum absolute atomic E-state index is 11.4. The van der Waals surface area contributed by atoms with Gasteiger partial charge in [-0.05, 0) is 128 Å². The third-order valence-electron chi connectivity index (χ3n) is 17.5.